The van der Waals surface area contributed by atoms with Crippen molar-refractivity contribution in [2.24, 2.45) is 0 Å². The Morgan fingerprint density at radius 3 is 0.812 bits per heavy atom. The fourth-order valence-corrected chi connectivity index (χ4v) is 9.72. The first kappa shape index (κ1) is 76.3. The van der Waals surface area contributed by atoms with Crippen LogP contribution < -0.4 is 0 Å². The van der Waals surface area contributed by atoms with Crippen molar-refractivity contribution in [1.29, 1.82) is 0 Å². The molecule has 0 amide bonds. The van der Waals surface area contributed by atoms with Crippen LogP contribution in [-0.2, 0) is 28.6 Å². The summed E-state index contributed by atoms with van der Waals surface area (Å²) in [6, 6.07) is 0. The second-order valence-corrected chi connectivity index (χ2v) is 22.7. The number of hydrogen-bond donors (Lipinski definition) is 0. The van der Waals surface area contributed by atoms with Gasteiger partial charge in [-0.3, -0.25) is 14.4 Å². The molecule has 0 radical (unpaired) electrons. The highest BCUT2D eigenvalue weighted by Gasteiger charge is 2.19. The van der Waals surface area contributed by atoms with Crippen LogP contribution in [0.1, 0.15) is 335 Å². The minimum absolute atomic E-state index is 0.0780. The van der Waals surface area contributed by atoms with Gasteiger partial charge < -0.3 is 14.2 Å². The third kappa shape index (κ3) is 65.1. The maximum absolute atomic E-state index is 12.9. The lowest BCUT2D eigenvalue weighted by molar-refractivity contribution is -0.167. The van der Waals surface area contributed by atoms with Crippen LogP contribution in [-0.4, -0.2) is 37.2 Å². The molecule has 0 saturated carbocycles. The van der Waals surface area contributed by atoms with Crippen LogP contribution in [0.15, 0.2) is 97.2 Å². The van der Waals surface area contributed by atoms with Crippen molar-refractivity contribution in [2.45, 2.75) is 341 Å². The fourth-order valence-electron chi connectivity index (χ4n) is 9.72. The smallest absolute Gasteiger partial charge is 0.306 e. The van der Waals surface area contributed by atoms with Crippen molar-refractivity contribution in [3.8, 4) is 0 Å². The Kier molecular flexibility index (Phi) is 64.7. The molecule has 0 rings (SSSR count). The highest BCUT2D eigenvalue weighted by atomic mass is 16.6. The van der Waals surface area contributed by atoms with Crippen molar-refractivity contribution in [3.63, 3.8) is 0 Å². The lowest BCUT2D eigenvalue weighted by Crippen LogP contribution is -2.30. The van der Waals surface area contributed by atoms with Crippen molar-refractivity contribution in [2.75, 3.05) is 13.2 Å². The van der Waals surface area contributed by atoms with E-state index in [2.05, 4.69) is 118 Å². The van der Waals surface area contributed by atoms with Crippen LogP contribution in [0.5, 0.6) is 0 Å². The summed E-state index contributed by atoms with van der Waals surface area (Å²) < 4.78 is 16.9. The molecule has 0 aromatic carbocycles. The number of rotatable bonds is 62. The van der Waals surface area contributed by atoms with E-state index in [1.54, 1.807) is 0 Å². The minimum Gasteiger partial charge on any atom is -0.462 e. The van der Waals surface area contributed by atoms with Gasteiger partial charge in [0.1, 0.15) is 13.2 Å². The van der Waals surface area contributed by atoms with E-state index < -0.39 is 6.10 Å². The number of carbonyl (C=O) groups excluding carboxylic acids is 3. The number of allylic oxidation sites excluding steroid dienone is 16. The summed E-state index contributed by atoms with van der Waals surface area (Å²) >= 11 is 0. The molecular weight excluding hydrogens is 985 g/mol. The molecule has 1 unspecified atom stereocenters. The quantitative estimate of drug-likeness (QED) is 0.0261. The van der Waals surface area contributed by atoms with Gasteiger partial charge in [-0.1, -0.05) is 317 Å². The van der Waals surface area contributed by atoms with Gasteiger partial charge in [-0.05, 0) is 96.3 Å². The normalized spacial score (nSPS) is 12.7. The van der Waals surface area contributed by atoms with E-state index in [1.165, 1.54) is 173 Å². The molecule has 6 heteroatoms. The Morgan fingerprint density at radius 2 is 0.512 bits per heavy atom. The number of carbonyl (C=O) groups is 3. The first-order valence-corrected chi connectivity index (χ1v) is 34.2. The molecule has 80 heavy (non-hydrogen) atoms. The third-order valence-corrected chi connectivity index (χ3v) is 14.8. The number of esters is 3. The summed E-state index contributed by atoms with van der Waals surface area (Å²) in [5.74, 6) is -0.877. The van der Waals surface area contributed by atoms with Crippen LogP contribution in [0.3, 0.4) is 0 Å². The molecule has 6 nitrogen and oxygen atoms in total. The second kappa shape index (κ2) is 67.8. The predicted molar refractivity (Wildman–Crippen MR) is 348 cm³/mol. The summed E-state index contributed by atoms with van der Waals surface area (Å²) in [7, 11) is 0. The molecule has 0 saturated heterocycles. The second-order valence-electron chi connectivity index (χ2n) is 22.7. The Labute approximate surface area is 496 Å². The molecule has 0 aromatic rings. The summed E-state index contributed by atoms with van der Waals surface area (Å²) in [4.78, 5) is 38.3. The molecule has 460 valence electrons. The molecule has 0 bridgehead atoms. The van der Waals surface area contributed by atoms with Crippen LogP contribution >= 0.6 is 0 Å². The van der Waals surface area contributed by atoms with E-state index in [0.717, 1.165) is 122 Å². The van der Waals surface area contributed by atoms with E-state index in [9.17, 15) is 14.4 Å². The van der Waals surface area contributed by atoms with Gasteiger partial charge in [0.2, 0.25) is 0 Å². The zero-order valence-electron chi connectivity index (χ0n) is 52.8. The van der Waals surface area contributed by atoms with E-state index in [-0.39, 0.29) is 31.1 Å². The van der Waals surface area contributed by atoms with Gasteiger partial charge in [-0.25, -0.2) is 0 Å². The van der Waals surface area contributed by atoms with Crippen LogP contribution in [0.25, 0.3) is 0 Å². The molecule has 0 fully saturated rings. The summed E-state index contributed by atoms with van der Waals surface area (Å²) in [5, 5.41) is 0. The average Bonchev–Trinajstić information content (AvgIpc) is 3.46. The fraction of sp³-hybridized carbons (Fsp3) is 0.743. The summed E-state index contributed by atoms with van der Waals surface area (Å²) in [6.45, 7) is 6.49. The zero-order valence-corrected chi connectivity index (χ0v) is 52.8. The van der Waals surface area contributed by atoms with E-state index in [0.29, 0.717) is 19.3 Å². The maximum atomic E-state index is 12.9. The molecule has 0 spiro atoms. The SMILES string of the molecule is CC/C=C\C/C=C\C/C=C\C/C=C\C/C=C\C/C=C\CCCCCCCCCCCCCCCCC(=O)OCC(COC(=O)CCCCCCC/C=C\C/C=C\CCC)OC(=O)CCCCCCCCCCCCCCCCCC. The first-order valence-electron chi connectivity index (χ1n) is 34.2. The lowest BCUT2D eigenvalue weighted by Gasteiger charge is -2.18. The van der Waals surface area contributed by atoms with E-state index >= 15 is 0 Å². The average molecular weight is 1110 g/mol. The van der Waals surface area contributed by atoms with Gasteiger partial charge >= 0.3 is 17.9 Å². The molecular formula is C74H128O6. The Balaban J connectivity index is 4.18. The Hall–Kier alpha value is -3.67. The molecule has 0 heterocycles. The summed E-state index contributed by atoms with van der Waals surface area (Å²) in [5.41, 5.74) is 0. The first-order chi connectivity index (χ1) is 39.5. The van der Waals surface area contributed by atoms with Crippen LogP contribution in [0.4, 0.5) is 0 Å². The van der Waals surface area contributed by atoms with Crippen LogP contribution in [0, 0.1) is 0 Å². The highest BCUT2D eigenvalue weighted by Crippen LogP contribution is 2.17. The van der Waals surface area contributed by atoms with Gasteiger partial charge in [0.15, 0.2) is 6.10 Å². The van der Waals surface area contributed by atoms with Crippen molar-refractivity contribution in [3.05, 3.63) is 97.2 Å². The van der Waals surface area contributed by atoms with E-state index in [1.807, 2.05) is 0 Å². The van der Waals surface area contributed by atoms with Gasteiger partial charge in [0.05, 0.1) is 0 Å². The van der Waals surface area contributed by atoms with Gasteiger partial charge in [0, 0.05) is 19.3 Å². The Bertz CT molecular complexity index is 1560. The van der Waals surface area contributed by atoms with Crippen molar-refractivity contribution >= 4 is 17.9 Å². The highest BCUT2D eigenvalue weighted by molar-refractivity contribution is 5.71. The standard InChI is InChI=1S/C74H128O6/c1-4-7-10-13-16-19-22-25-27-29-30-31-32-33-34-35-36-37-38-39-40-41-42-43-44-45-47-49-52-55-58-61-64-67-73(76)79-70-71(69-78-72(75)66-63-60-57-54-51-48-24-21-18-15-12-9-6-3)80-74(77)68-65-62-59-56-53-50-46-28-26-23-20-17-14-11-8-5-2/h7,10,12,15-16,19,21,24-25,27,30-31,33-34,36-37,71H,4-6,8-9,11,13-14,17-18,20,22-23,26,28-29,32,35,38-70H2,1-3H3/b10-7-,15-12-,19-16-,24-21-,27-25-,31-30-,34-33-,37-36-. The van der Waals surface area contributed by atoms with Crippen LogP contribution in [0.2, 0.25) is 0 Å². The topological polar surface area (TPSA) is 78.9 Å². The number of ether oxygens (including phenoxy) is 3. The molecule has 1 atom stereocenters. The largest absolute Gasteiger partial charge is 0.462 e. The molecule has 0 N–H and O–H groups in total. The molecule has 0 aromatic heterocycles. The van der Waals surface area contributed by atoms with Gasteiger partial charge in [0.25, 0.3) is 0 Å². The lowest BCUT2D eigenvalue weighted by atomic mass is 10.0. The maximum Gasteiger partial charge on any atom is 0.306 e. The third-order valence-electron chi connectivity index (χ3n) is 14.8. The van der Waals surface area contributed by atoms with Gasteiger partial charge in [-0.15, -0.1) is 0 Å². The monoisotopic (exact) mass is 1110 g/mol. The van der Waals surface area contributed by atoms with Crippen molar-refractivity contribution < 1.29 is 28.6 Å². The molecule has 0 aliphatic carbocycles. The van der Waals surface area contributed by atoms with E-state index in [4.69, 9.17) is 14.2 Å². The predicted octanol–water partition coefficient (Wildman–Crippen LogP) is 23.6. The van der Waals surface area contributed by atoms with Gasteiger partial charge in [-0.2, -0.15) is 0 Å². The number of hydrogen-bond acceptors (Lipinski definition) is 6. The number of unbranched alkanes of at least 4 members (excludes halogenated alkanes) is 35. The molecule has 0 aliphatic rings. The molecule has 0 aliphatic heterocycles. The minimum atomic E-state index is -0.781. The zero-order chi connectivity index (χ0) is 57.8. The Morgan fingerprint density at radius 1 is 0.263 bits per heavy atom. The summed E-state index contributed by atoms with van der Waals surface area (Å²) in [6.07, 6.45) is 91.5. The van der Waals surface area contributed by atoms with Crippen molar-refractivity contribution in [1.82, 2.24) is 0 Å².